The predicted octanol–water partition coefficient (Wildman–Crippen LogP) is 3.74. The maximum Gasteiger partial charge on any atom is 0.274 e. The lowest BCUT2D eigenvalue weighted by atomic mass is 10.1. The summed E-state index contributed by atoms with van der Waals surface area (Å²) in [7, 11) is 0. The summed E-state index contributed by atoms with van der Waals surface area (Å²) in [5, 5.41) is 3.98. The number of benzene rings is 2. The third-order valence-electron chi connectivity index (χ3n) is 2.71. The minimum absolute atomic E-state index is 0.0279. The number of halogens is 2. The lowest BCUT2D eigenvalue weighted by Gasteiger charge is -2.04. The van der Waals surface area contributed by atoms with Crippen LogP contribution in [0.2, 0.25) is 0 Å². The molecule has 1 amide bonds. The zero-order valence-corrected chi connectivity index (χ0v) is 12.3. The van der Waals surface area contributed by atoms with Gasteiger partial charge in [-0.2, -0.15) is 5.10 Å². The molecular formula is C15H12BrFN2O. The number of hydrogen-bond donors (Lipinski definition) is 1. The first-order chi connectivity index (χ1) is 9.58. The van der Waals surface area contributed by atoms with Gasteiger partial charge in [0.2, 0.25) is 0 Å². The van der Waals surface area contributed by atoms with E-state index in [-0.39, 0.29) is 5.56 Å². The molecule has 0 bridgehead atoms. The summed E-state index contributed by atoms with van der Waals surface area (Å²) in [6.07, 6.45) is 0. The standard InChI is InChI=1S/C15H12BrFN2O/c1-10(11-6-8-12(16)9-7-11)18-19-15(20)13-4-2-3-5-14(13)17/h2-9H,1H3,(H,19,20)/b18-10+. The van der Waals surface area contributed by atoms with E-state index in [1.807, 2.05) is 24.3 Å². The van der Waals surface area contributed by atoms with E-state index >= 15 is 0 Å². The highest BCUT2D eigenvalue weighted by Gasteiger charge is 2.09. The van der Waals surface area contributed by atoms with E-state index in [9.17, 15) is 9.18 Å². The molecule has 0 aliphatic carbocycles. The van der Waals surface area contributed by atoms with E-state index in [2.05, 4.69) is 26.5 Å². The Morgan fingerprint density at radius 3 is 2.45 bits per heavy atom. The molecule has 0 heterocycles. The molecule has 2 aromatic carbocycles. The summed E-state index contributed by atoms with van der Waals surface area (Å²) in [5.74, 6) is -1.14. The largest absolute Gasteiger partial charge is 0.274 e. The molecule has 0 saturated heterocycles. The van der Waals surface area contributed by atoms with Crippen LogP contribution in [0.1, 0.15) is 22.8 Å². The van der Waals surface area contributed by atoms with Crippen LogP contribution < -0.4 is 5.43 Å². The SMILES string of the molecule is C/C(=N\NC(=O)c1ccccc1F)c1ccc(Br)cc1. The van der Waals surface area contributed by atoms with Crippen LogP contribution >= 0.6 is 15.9 Å². The van der Waals surface area contributed by atoms with Gasteiger partial charge in [0.25, 0.3) is 5.91 Å². The summed E-state index contributed by atoms with van der Waals surface area (Å²) < 4.78 is 14.4. The van der Waals surface area contributed by atoms with Gasteiger partial charge in [-0.15, -0.1) is 0 Å². The Morgan fingerprint density at radius 1 is 1.15 bits per heavy atom. The van der Waals surface area contributed by atoms with E-state index in [1.54, 1.807) is 13.0 Å². The molecule has 5 heteroatoms. The number of hydrazone groups is 1. The van der Waals surface area contributed by atoms with Crippen LogP contribution in [0.4, 0.5) is 4.39 Å². The normalized spacial score (nSPS) is 11.2. The number of rotatable bonds is 3. The number of hydrogen-bond acceptors (Lipinski definition) is 2. The number of nitrogens with one attached hydrogen (secondary N) is 1. The van der Waals surface area contributed by atoms with Crippen molar-refractivity contribution < 1.29 is 9.18 Å². The van der Waals surface area contributed by atoms with Gasteiger partial charge in [-0.05, 0) is 36.8 Å². The molecule has 0 unspecified atom stereocenters. The van der Waals surface area contributed by atoms with Crippen LogP contribution in [0.15, 0.2) is 58.1 Å². The summed E-state index contributed by atoms with van der Waals surface area (Å²) in [4.78, 5) is 11.8. The first-order valence-corrected chi connectivity index (χ1v) is 6.72. The topological polar surface area (TPSA) is 41.5 Å². The fraction of sp³-hybridized carbons (Fsp3) is 0.0667. The number of carbonyl (C=O) groups excluding carboxylic acids is 1. The number of carbonyl (C=O) groups is 1. The van der Waals surface area contributed by atoms with Crippen molar-refractivity contribution in [1.29, 1.82) is 0 Å². The molecule has 0 fully saturated rings. The van der Waals surface area contributed by atoms with Crippen LogP contribution in [0.5, 0.6) is 0 Å². The minimum Gasteiger partial charge on any atom is -0.267 e. The van der Waals surface area contributed by atoms with Crippen molar-refractivity contribution in [3.63, 3.8) is 0 Å². The van der Waals surface area contributed by atoms with Gasteiger partial charge in [-0.3, -0.25) is 4.79 Å². The lowest BCUT2D eigenvalue weighted by Crippen LogP contribution is -2.20. The summed E-state index contributed by atoms with van der Waals surface area (Å²) >= 11 is 3.34. The summed E-state index contributed by atoms with van der Waals surface area (Å²) in [6, 6.07) is 13.3. The molecule has 2 rings (SSSR count). The van der Waals surface area contributed by atoms with Crippen molar-refractivity contribution in [2.24, 2.45) is 5.10 Å². The summed E-state index contributed by atoms with van der Waals surface area (Å²) in [5.41, 5.74) is 3.84. The van der Waals surface area contributed by atoms with Crippen molar-refractivity contribution in [2.75, 3.05) is 0 Å². The second-order valence-electron chi connectivity index (χ2n) is 4.12. The molecule has 1 N–H and O–H groups in total. The zero-order chi connectivity index (χ0) is 14.5. The third kappa shape index (κ3) is 3.51. The zero-order valence-electron chi connectivity index (χ0n) is 10.7. The molecule has 102 valence electrons. The highest BCUT2D eigenvalue weighted by atomic mass is 79.9. The van der Waals surface area contributed by atoms with Gasteiger partial charge >= 0.3 is 0 Å². The van der Waals surface area contributed by atoms with Gasteiger partial charge < -0.3 is 0 Å². The van der Waals surface area contributed by atoms with Crippen molar-refractivity contribution in [1.82, 2.24) is 5.43 Å². The molecule has 0 aliphatic rings. The molecule has 0 aliphatic heterocycles. The van der Waals surface area contributed by atoms with Crippen LogP contribution in [0, 0.1) is 5.82 Å². The monoisotopic (exact) mass is 334 g/mol. The first-order valence-electron chi connectivity index (χ1n) is 5.93. The molecule has 0 spiro atoms. The Bertz CT molecular complexity index is 653. The Balaban J connectivity index is 2.11. The van der Waals surface area contributed by atoms with Gasteiger partial charge in [0.05, 0.1) is 11.3 Å². The fourth-order valence-corrected chi connectivity index (χ4v) is 1.86. The van der Waals surface area contributed by atoms with Gasteiger partial charge in [-0.25, -0.2) is 9.82 Å². The van der Waals surface area contributed by atoms with Crippen LogP contribution in [-0.2, 0) is 0 Å². The Kier molecular flexibility index (Phi) is 4.63. The van der Waals surface area contributed by atoms with Crippen LogP contribution in [0.3, 0.4) is 0 Å². The molecule has 2 aromatic rings. The van der Waals surface area contributed by atoms with E-state index in [0.29, 0.717) is 5.71 Å². The van der Waals surface area contributed by atoms with Crippen LogP contribution in [-0.4, -0.2) is 11.6 Å². The lowest BCUT2D eigenvalue weighted by molar-refractivity contribution is 0.0951. The van der Waals surface area contributed by atoms with E-state index in [1.165, 1.54) is 18.2 Å². The van der Waals surface area contributed by atoms with E-state index in [0.717, 1.165) is 10.0 Å². The second-order valence-corrected chi connectivity index (χ2v) is 5.04. The number of amides is 1. The first kappa shape index (κ1) is 14.4. The average Bonchev–Trinajstić information content (AvgIpc) is 2.45. The van der Waals surface area contributed by atoms with Gasteiger partial charge in [0, 0.05) is 4.47 Å². The van der Waals surface area contributed by atoms with Gasteiger partial charge in [-0.1, -0.05) is 40.2 Å². The molecule has 3 nitrogen and oxygen atoms in total. The Morgan fingerprint density at radius 2 is 1.80 bits per heavy atom. The molecule has 20 heavy (non-hydrogen) atoms. The Hall–Kier alpha value is -2.01. The maximum atomic E-state index is 13.4. The van der Waals surface area contributed by atoms with E-state index < -0.39 is 11.7 Å². The third-order valence-corrected chi connectivity index (χ3v) is 3.23. The molecule has 0 atom stereocenters. The van der Waals surface area contributed by atoms with Crippen molar-refractivity contribution >= 4 is 27.5 Å². The van der Waals surface area contributed by atoms with Crippen molar-refractivity contribution in [3.05, 3.63) is 69.9 Å². The maximum absolute atomic E-state index is 13.4. The highest BCUT2D eigenvalue weighted by molar-refractivity contribution is 9.10. The van der Waals surface area contributed by atoms with Crippen molar-refractivity contribution in [2.45, 2.75) is 6.92 Å². The quantitative estimate of drug-likeness (QED) is 0.674. The van der Waals surface area contributed by atoms with Crippen molar-refractivity contribution in [3.8, 4) is 0 Å². The predicted molar refractivity (Wildman–Crippen MR) is 80.2 cm³/mol. The summed E-state index contributed by atoms with van der Waals surface area (Å²) in [6.45, 7) is 1.77. The Labute approximate surface area is 124 Å². The average molecular weight is 335 g/mol. The highest BCUT2D eigenvalue weighted by Crippen LogP contribution is 2.11. The second kappa shape index (κ2) is 6.43. The minimum atomic E-state index is -0.570. The molecule has 0 aromatic heterocycles. The van der Waals surface area contributed by atoms with Crippen LogP contribution in [0.25, 0.3) is 0 Å². The molecule has 0 radical (unpaired) electrons. The van der Waals surface area contributed by atoms with Gasteiger partial charge in [0.15, 0.2) is 0 Å². The number of nitrogens with zero attached hydrogens (tertiary/aromatic N) is 1. The van der Waals surface area contributed by atoms with E-state index in [4.69, 9.17) is 0 Å². The van der Waals surface area contributed by atoms with Gasteiger partial charge in [0.1, 0.15) is 5.82 Å². The smallest absolute Gasteiger partial charge is 0.267 e. The molecular weight excluding hydrogens is 323 g/mol. The fourth-order valence-electron chi connectivity index (χ4n) is 1.60. The molecule has 0 saturated carbocycles.